The molecule has 0 unspecified atom stereocenters. The molecule has 1 heterocycles. The van der Waals surface area contributed by atoms with Crippen LogP contribution in [0.25, 0.3) is 0 Å². The molecule has 0 radical (unpaired) electrons. The summed E-state index contributed by atoms with van der Waals surface area (Å²) >= 11 is 5.68. The second-order valence-corrected chi connectivity index (χ2v) is 5.27. The summed E-state index contributed by atoms with van der Waals surface area (Å²) in [6.07, 6.45) is 6.45. The molecule has 1 aliphatic rings. The van der Waals surface area contributed by atoms with E-state index in [2.05, 4.69) is 23.8 Å². The summed E-state index contributed by atoms with van der Waals surface area (Å²) in [5.41, 5.74) is 0. The van der Waals surface area contributed by atoms with E-state index >= 15 is 0 Å². The highest BCUT2D eigenvalue weighted by Gasteiger charge is 2.20. The molecule has 0 N–H and O–H groups in total. The van der Waals surface area contributed by atoms with Gasteiger partial charge >= 0.3 is 0 Å². The van der Waals surface area contributed by atoms with Crippen LogP contribution in [-0.2, 0) is 0 Å². The molecule has 1 aliphatic heterocycles. The Hall–Kier alpha value is 0.210. The van der Waals surface area contributed by atoms with E-state index in [0.717, 1.165) is 11.9 Å². The van der Waals surface area contributed by atoms with E-state index in [9.17, 15) is 0 Å². The van der Waals surface area contributed by atoms with Gasteiger partial charge in [0.2, 0.25) is 0 Å². The van der Waals surface area contributed by atoms with Crippen LogP contribution in [0.1, 0.15) is 39.0 Å². The molecule has 0 atom stereocenters. The highest BCUT2D eigenvalue weighted by Crippen LogP contribution is 2.15. The monoisotopic (exact) mass is 246 g/mol. The van der Waals surface area contributed by atoms with Gasteiger partial charge in [0, 0.05) is 11.9 Å². The number of hydrogen-bond acceptors (Lipinski definition) is 2. The molecule has 0 amide bonds. The molecule has 1 rings (SSSR count). The molecule has 0 aromatic carbocycles. The van der Waals surface area contributed by atoms with Gasteiger partial charge in [-0.25, -0.2) is 0 Å². The van der Waals surface area contributed by atoms with Crippen molar-refractivity contribution in [2.24, 2.45) is 0 Å². The summed E-state index contributed by atoms with van der Waals surface area (Å²) in [5.74, 6) is 0.818. The predicted molar refractivity (Wildman–Crippen MR) is 72.3 cm³/mol. The topological polar surface area (TPSA) is 6.48 Å². The predicted octanol–water partition coefficient (Wildman–Crippen LogP) is 2.81. The third-order valence-electron chi connectivity index (χ3n) is 3.77. The largest absolute Gasteiger partial charge is 0.303 e. The van der Waals surface area contributed by atoms with Crippen molar-refractivity contribution < 1.29 is 0 Å². The molecule has 3 heteroatoms. The average Bonchev–Trinajstić information content (AvgIpc) is 2.34. The number of hydrogen-bond donors (Lipinski definition) is 0. The number of unbranched alkanes of at least 4 members (excludes halogenated alkanes) is 2. The van der Waals surface area contributed by atoms with Gasteiger partial charge in [0.1, 0.15) is 0 Å². The zero-order valence-corrected chi connectivity index (χ0v) is 11.7. The summed E-state index contributed by atoms with van der Waals surface area (Å²) < 4.78 is 0. The minimum Gasteiger partial charge on any atom is -0.303 e. The highest BCUT2D eigenvalue weighted by atomic mass is 35.5. The van der Waals surface area contributed by atoms with Gasteiger partial charge < -0.3 is 9.80 Å². The maximum atomic E-state index is 5.68. The number of likely N-dealkylation sites (tertiary alicyclic amines) is 1. The molecular formula is C13H27ClN2. The molecular weight excluding hydrogens is 220 g/mol. The minimum atomic E-state index is 0.818. The molecule has 0 spiro atoms. The first-order valence-electron chi connectivity index (χ1n) is 6.76. The van der Waals surface area contributed by atoms with E-state index in [1.807, 2.05) is 0 Å². The maximum Gasteiger partial charge on any atom is 0.0223 e. The van der Waals surface area contributed by atoms with E-state index in [0.29, 0.717) is 0 Å². The van der Waals surface area contributed by atoms with E-state index in [1.54, 1.807) is 0 Å². The normalized spacial score (nSPS) is 19.5. The first-order valence-corrected chi connectivity index (χ1v) is 7.30. The SMILES string of the molecule is CCN1CCC(N(C)CCCCCCl)CC1. The van der Waals surface area contributed by atoms with Crippen LogP contribution in [0.4, 0.5) is 0 Å². The van der Waals surface area contributed by atoms with Gasteiger partial charge in [0.25, 0.3) is 0 Å². The van der Waals surface area contributed by atoms with E-state index < -0.39 is 0 Å². The standard InChI is InChI=1S/C13H27ClN2/c1-3-16-11-7-13(8-12-16)15(2)10-6-4-5-9-14/h13H,3-12H2,1-2H3. The van der Waals surface area contributed by atoms with Gasteiger partial charge in [0.15, 0.2) is 0 Å². The first-order chi connectivity index (χ1) is 7.77. The Morgan fingerprint density at radius 2 is 1.88 bits per heavy atom. The van der Waals surface area contributed by atoms with Crippen molar-refractivity contribution in [2.45, 2.75) is 45.1 Å². The number of rotatable bonds is 7. The van der Waals surface area contributed by atoms with Crippen molar-refractivity contribution in [1.29, 1.82) is 0 Å². The van der Waals surface area contributed by atoms with Crippen molar-refractivity contribution in [3.8, 4) is 0 Å². The lowest BCUT2D eigenvalue weighted by Gasteiger charge is -2.36. The molecule has 0 bridgehead atoms. The summed E-state index contributed by atoms with van der Waals surface area (Å²) in [4.78, 5) is 5.11. The van der Waals surface area contributed by atoms with Crippen molar-refractivity contribution in [2.75, 3.05) is 39.1 Å². The molecule has 0 saturated carbocycles. The maximum absolute atomic E-state index is 5.68. The van der Waals surface area contributed by atoms with Crippen LogP contribution in [0.2, 0.25) is 0 Å². The number of nitrogens with zero attached hydrogens (tertiary/aromatic N) is 2. The van der Waals surface area contributed by atoms with Crippen LogP contribution in [0.15, 0.2) is 0 Å². The molecule has 96 valence electrons. The van der Waals surface area contributed by atoms with Gasteiger partial charge in [-0.15, -0.1) is 11.6 Å². The fourth-order valence-corrected chi connectivity index (χ4v) is 2.68. The summed E-state index contributed by atoms with van der Waals surface area (Å²) in [5, 5.41) is 0. The Kier molecular flexibility index (Phi) is 7.42. The van der Waals surface area contributed by atoms with Crippen LogP contribution in [0.5, 0.6) is 0 Å². The molecule has 2 nitrogen and oxygen atoms in total. The Labute approximate surface area is 106 Å². The van der Waals surface area contributed by atoms with Gasteiger partial charge in [-0.3, -0.25) is 0 Å². The Balaban J connectivity index is 2.10. The van der Waals surface area contributed by atoms with E-state index in [-0.39, 0.29) is 0 Å². The Morgan fingerprint density at radius 3 is 2.44 bits per heavy atom. The van der Waals surface area contributed by atoms with Crippen LogP contribution in [0.3, 0.4) is 0 Å². The zero-order chi connectivity index (χ0) is 11.8. The highest BCUT2D eigenvalue weighted by molar-refractivity contribution is 6.17. The molecule has 1 saturated heterocycles. The quantitative estimate of drug-likeness (QED) is 0.504. The fraction of sp³-hybridized carbons (Fsp3) is 1.00. The van der Waals surface area contributed by atoms with E-state index in [4.69, 9.17) is 11.6 Å². The van der Waals surface area contributed by atoms with Crippen molar-refractivity contribution >= 4 is 11.6 Å². The van der Waals surface area contributed by atoms with E-state index in [1.165, 1.54) is 58.3 Å². The summed E-state index contributed by atoms with van der Waals surface area (Å²) in [7, 11) is 2.28. The molecule has 16 heavy (non-hydrogen) atoms. The summed E-state index contributed by atoms with van der Waals surface area (Å²) in [6, 6.07) is 0.818. The van der Waals surface area contributed by atoms with Gasteiger partial charge in [-0.05, 0) is 58.9 Å². The lowest BCUT2D eigenvalue weighted by molar-refractivity contribution is 0.130. The second-order valence-electron chi connectivity index (χ2n) is 4.90. The van der Waals surface area contributed by atoms with Gasteiger partial charge in [-0.2, -0.15) is 0 Å². The third-order valence-corrected chi connectivity index (χ3v) is 4.04. The van der Waals surface area contributed by atoms with Gasteiger partial charge in [0.05, 0.1) is 0 Å². The van der Waals surface area contributed by atoms with Crippen LogP contribution in [-0.4, -0.2) is 54.9 Å². The molecule has 0 aromatic heterocycles. The van der Waals surface area contributed by atoms with Crippen molar-refractivity contribution in [3.05, 3.63) is 0 Å². The van der Waals surface area contributed by atoms with Gasteiger partial charge in [-0.1, -0.05) is 13.3 Å². The Bertz CT molecular complexity index is 167. The zero-order valence-electron chi connectivity index (χ0n) is 10.9. The Morgan fingerprint density at radius 1 is 1.19 bits per heavy atom. The number of halogens is 1. The lowest BCUT2D eigenvalue weighted by Crippen LogP contribution is -2.43. The van der Waals surface area contributed by atoms with Crippen LogP contribution in [0, 0.1) is 0 Å². The first kappa shape index (κ1) is 14.3. The van der Waals surface area contributed by atoms with Crippen LogP contribution >= 0.6 is 11.6 Å². The third kappa shape index (κ3) is 5.03. The number of piperidine rings is 1. The van der Waals surface area contributed by atoms with Crippen molar-refractivity contribution in [3.63, 3.8) is 0 Å². The smallest absolute Gasteiger partial charge is 0.0223 e. The number of alkyl halides is 1. The fourth-order valence-electron chi connectivity index (χ4n) is 2.49. The van der Waals surface area contributed by atoms with Crippen molar-refractivity contribution in [1.82, 2.24) is 9.80 Å². The van der Waals surface area contributed by atoms with Crippen LogP contribution < -0.4 is 0 Å². The molecule has 0 aliphatic carbocycles. The minimum absolute atomic E-state index is 0.818. The lowest BCUT2D eigenvalue weighted by atomic mass is 10.0. The molecule has 0 aromatic rings. The summed E-state index contributed by atoms with van der Waals surface area (Å²) in [6.45, 7) is 7.29. The average molecular weight is 247 g/mol. The second kappa shape index (κ2) is 8.32. The molecule has 1 fully saturated rings.